The molecule has 0 unspecified atom stereocenters. The lowest BCUT2D eigenvalue weighted by molar-refractivity contribution is -0.139. The first-order chi connectivity index (χ1) is 13.1. The lowest BCUT2D eigenvalue weighted by atomic mass is 10.1. The van der Waals surface area contributed by atoms with E-state index in [1.807, 2.05) is 12.1 Å². The third-order valence-corrected chi connectivity index (χ3v) is 4.04. The van der Waals surface area contributed by atoms with E-state index in [9.17, 15) is 0 Å². The molecule has 0 saturated heterocycles. The molecule has 0 fully saturated rings. The van der Waals surface area contributed by atoms with Crippen LogP contribution in [-0.4, -0.2) is 37.3 Å². The molecule has 2 aromatic heterocycles. The fraction of sp³-hybridized carbons (Fsp3) is 0.0588. The average molecular weight is 365 g/mol. The Kier molecular flexibility index (Phi) is 3.94. The molecular formula is C17H15N7O3. The minimum atomic E-state index is 0.125. The first kappa shape index (κ1) is 16.5. The van der Waals surface area contributed by atoms with Crippen LogP contribution in [0.25, 0.3) is 27.8 Å². The van der Waals surface area contributed by atoms with Crippen molar-refractivity contribution in [3.8, 4) is 28.4 Å². The highest BCUT2D eigenvalue weighted by atomic mass is 17.1. The van der Waals surface area contributed by atoms with Gasteiger partial charge in [-0.15, -0.1) is 5.10 Å². The second kappa shape index (κ2) is 6.42. The zero-order valence-electron chi connectivity index (χ0n) is 14.2. The third-order valence-electron chi connectivity index (χ3n) is 4.04. The molecule has 0 radical (unpaired) electrons. The molecule has 0 aliphatic heterocycles. The molecule has 0 aliphatic carbocycles. The maximum Gasteiger partial charge on any atom is 0.222 e. The van der Waals surface area contributed by atoms with Crippen molar-refractivity contribution < 1.29 is 14.9 Å². The Bertz CT molecular complexity index is 1140. The second-order valence-electron chi connectivity index (χ2n) is 5.67. The highest BCUT2D eigenvalue weighted by Crippen LogP contribution is 2.30. The van der Waals surface area contributed by atoms with Crippen LogP contribution in [0.1, 0.15) is 0 Å². The van der Waals surface area contributed by atoms with Crippen LogP contribution in [0.3, 0.4) is 0 Å². The quantitative estimate of drug-likeness (QED) is 0.364. The van der Waals surface area contributed by atoms with Crippen molar-refractivity contribution in [1.29, 1.82) is 0 Å². The summed E-state index contributed by atoms with van der Waals surface area (Å²) in [6.45, 7) is 0. The van der Waals surface area contributed by atoms with E-state index in [2.05, 4.69) is 25.2 Å². The number of hydrogen-bond acceptors (Lipinski definition) is 9. The molecule has 0 saturated carbocycles. The molecule has 10 nitrogen and oxygen atoms in total. The predicted molar refractivity (Wildman–Crippen MR) is 98.5 cm³/mol. The predicted octanol–water partition coefficient (Wildman–Crippen LogP) is 1.90. The van der Waals surface area contributed by atoms with Gasteiger partial charge in [0.1, 0.15) is 11.5 Å². The van der Waals surface area contributed by atoms with Gasteiger partial charge in [-0.1, -0.05) is 11.3 Å². The fourth-order valence-corrected chi connectivity index (χ4v) is 2.73. The van der Waals surface area contributed by atoms with Crippen LogP contribution < -0.4 is 21.1 Å². The number of aromatic nitrogens is 5. The molecule has 0 amide bonds. The van der Waals surface area contributed by atoms with Crippen molar-refractivity contribution in [3.05, 3.63) is 42.6 Å². The summed E-state index contributed by atoms with van der Waals surface area (Å²) in [4.78, 5) is 12.5. The maximum absolute atomic E-state index is 8.99. The number of nitrogen functional groups attached to an aromatic ring is 2. The Morgan fingerprint density at radius 2 is 1.89 bits per heavy atom. The lowest BCUT2D eigenvalue weighted by Gasteiger charge is -2.07. The minimum Gasteiger partial charge on any atom is -0.493 e. The van der Waals surface area contributed by atoms with Crippen molar-refractivity contribution in [3.63, 3.8) is 0 Å². The van der Waals surface area contributed by atoms with Crippen molar-refractivity contribution in [2.24, 2.45) is 0 Å². The normalized spacial score (nSPS) is 10.9. The Morgan fingerprint density at radius 3 is 2.67 bits per heavy atom. The van der Waals surface area contributed by atoms with Gasteiger partial charge in [0.05, 0.1) is 24.5 Å². The first-order valence-electron chi connectivity index (χ1n) is 7.84. The summed E-state index contributed by atoms with van der Waals surface area (Å²) in [5, 5.41) is 18.0. The number of ether oxygens (including phenoxy) is 1. The van der Waals surface area contributed by atoms with Gasteiger partial charge < -0.3 is 21.1 Å². The van der Waals surface area contributed by atoms with E-state index in [1.54, 1.807) is 35.1 Å². The number of methoxy groups -OCH3 is 1. The largest absolute Gasteiger partial charge is 0.493 e. The molecule has 5 N–H and O–H groups in total. The second-order valence-corrected chi connectivity index (χ2v) is 5.67. The van der Waals surface area contributed by atoms with E-state index in [-0.39, 0.29) is 11.7 Å². The molecule has 4 rings (SSSR count). The average Bonchev–Trinajstić information content (AvgIpc) is 3.17. The zero-order chi connectivity index (χ0) is 19.0. The Labute approximate surface area is 152 Å². The molecule has 2 heterocycles. The molecule has 2 aromatic carbocycles. The van der Waals surface area contributed by atoms with Gasteiger partial charge in [0.25, 0.3) is 0 Å². The van der Waals surface area contributed by atoms with Crippen molar-refractivity contribution in [2.75, 3.05) is 18.6 Å². The maximum atomic E-state index is 8.99. The van der Waals surface area contributed by atoms with Crippen LogP contribution in [0.15, 0.2) is 42.6 Å². The standard InChI is InChI=1S/C17H15N7O3/c1-26-14-5-3-10(7-15(14)27-25)24-8-13(22-23-24)9-2-4-12-11(6-9)16(18)21-17(19)20-12/h2-8,25H,1H3,(H4,18,19,20,21). The van der Waals surface area contributed by atoms with Gasteiger partial charge >= 0.3 is 0 Å². The number of nitrogens with two attached hydrogens (primary N) is 2. The van der Waals surface area contributed by atoms with Crippen LogP contribution in [0.4, 0.5) is 11.8 Å². The van der Waals surface area contributed by atoms with Gasteiger partial charge in [0, 0.05) is 17.0 Å². The van der Waals surface area contributed by atoms with Gasteiger partial charge in [-0.3, -0.25) is 0 Å². The monoisotopic (exact) mass is 365 g/mol. The Balaban J connectivity index is 1.73. The van der Waals surface area contributed by atoms with Crippen molar-refractivity contribution in [2.45, 2.75) is 0 Å². The smallest absolute Gasteiger partial charge is 0.222 e. The Hall–Kier alpha value is -3.92. The minimum absolute atomic E-state index is 0.125. The number of anilines is 2. The third kappa shape index (κ3) is 2.93. The number of hydrogen-bond donors (Lipinski definition) is 3. The summed E-state index contributed by atoms with van der Waals surface area (Å²) in [5.41, 5.74) is 14.3. The molecule has 27 heavy (non-hydrogen) atoms. The van der Waals surface area contributed by atoms with E-state index >= 15 is 0 Å². The fourth-order valence-electron chi connectivity index (χ4n) is 2.73. The highest BCUT2D eigenvalue weighted by Gasteiger charge is 2.12. The van der Waals surface area contributed by atoms with Crippen molar-refractivity contribution in [1.82, 2.24) is 25.0 Å². The van der Waals surface area contributed by atoms with Crippen LogP contribution in [0.2, 0.25) is 0 Å². The van der Waals surface area contributed by atoms with Crippen LogP contribution >= 0.6 is 0 Å². The highest BCUT2D eigenvalue weighted by molar-refractivity contribution is 5.92. The summed E-state index contributed by atoms with van der Waals surface area (Å²) < 4.78 is 6.65. The summed E-state index contributed by atoms with van der Waals surface area (Å²) >= 11 is 0. The number of rotatable bonds is 4. The molecule has 0 atom stereocenters. The topological polar surface area (TPSA) is 147 Å². The van der Waals surface area contributed by atoms with Gasteiger partial charge in [-0.05, 0) is 24.3 Å². The first-order valence-corrected chi connectivity index (χ1v) is 7.84. The molecule has 10 heteroatoms. The molecule has 0 spiro atoms. The van der Waals surface area contributed by atoms with Crippen LogP contribution in [-0.2, 0) is 0 Å². The molecular weight excluding hydrogens is 350 g/mol. The summed E-state index contributed by atoms with van der Waals surface area (Å²) in [7, 11) is 1.48. The lowest BCUT2D eigenvalue weighted by Crippen LogP contribution is -2.00. The van der Waals surface area contributed by atoms with Gasteiger partial charge in [-0.2, -0.15) is 4.98 Å². The van der Waals surface area contributed by atoms with E-state index in [1.165, 1.54) is 7.11 Å². The van der Waals surface area contributed by atoms with E-state index in [0.29, 0.717) is 33.9 Å². The number of fused-ring (bicyclic) bond motifs is 1. The van der Waals surface area contributed by atoms with Gasteiger partial charge in [-0.25, -0.2) is 14.9 Å². The van der Waals surface area contributed by atoms with E-state index < -0.39 is 0 Å². The molecule has 4 aromatic rings. The van der Waals surface area contributed by atoms with Gasteiger partial charge in [0.15, 0.2) is 5.75 Å². The molecule has 136 valence electrons. The summed E-state index contributed by atoms with van der Waals surface area (Å²) in [6, 6.07) is 10.5. The van der Waals surface area contributed by atoms with Crippen LogP contribution in [0, 0.1) is 0 Å². The Morgan fingerprint density at radius 1 is 1.04 bits per heavy atom. The van der Waals surface area contributed by atoms with Gasteiger partial charge in [0.2, 0.25) is 11.7 Å². The number of benzene rings is 2. The summed E-state index contributed by atoms with van der Waals surface area (Å²) in [6.07, 6.45) is 1.73. The van der Waals surface area contributed by atoms with Crippen LogP contribution in [0.5, 0.6) is 11.5 Å². The van der Waals surface area contributed by atoms with E-state index in [4.69, 9.17) is 21.5 Å². The zero-order valence-corrected chi connectivity index (χ0v) is 14.2. The molecule has 0 bridgehead atoms. The summed E-state index contributed by atoms with van der Waals surface area (Å²) in [5.74, 6) is 0.984. The SMILES string of the molecule is COc1ccc(-n2cc(-c3ccc4nc(N)nc(N)c4c3)nn2)cc1OO. The van der Waals surface area contributed by atoms with E-state index in [0.717, 1.165) is 5.56 Å². The number of nitrogens with zero attached hydrogens (tertiary/aromatic N) is 5. The van der Waals surface area contributed by atoms with Crippen molar-refractivity contribution >= 4 is 22.7 Å². The molecule has 0 aliphatic rings.